The third kappa shape index (κ3) is 4.38. The largest absolute Gasteiger partial charge is 0.349 e. The minimum atomic E-state index is -0.206. The number of rotatable bonds is 4. The van der Waals surface area contributed by atoms with Crippen molar-refractivity contribution in [1.29, 1.82) is 0 Å². The van der Waals surface area contributed by atoms with Crippen molar-refractivity contribution in [3.8, 4) is 0 Å². The first-order valence-corrected chi connectivity index (χ1v) is 10.0. The maximum Gasteiger partial charge on any atom is 0.224 e. The number of nitrogens with one attached hydrogen (secondary N) is 1. The third-order valence-electron chi connectivity index (χ3n) is 5.88. The molecule has 142 valence electrons. The number of carbonyl (C=O) groups is 1. The van der Waals surface area contributed by atoms with Crippen LogP contribution in [-0.2, 0) is 17.8 Å². The summed E-state index contributed by atoms with van der Waals surface area (Å²) in [6, 6.07) is 15.3. The first-order valence-electron chi connectivity index (χ1n) is 10.0. The summed E-state index contributed by atoms with van der Waals surface area (Å²) >= 11 is 0. The summed E-state index contributed by atoms with van der Waals surface area (Å²) in [5.74, 6) is 0.0104. The second-order valence-corrected chi connectivity index (χ2v) is 7.85. The van der Waals surface area contributed by atoms with E-state index in [2.05, 4.69) is 34.5 Å². The zero-order valence-corrected chi connectivity index (χ0v) is 15.7. The van der Waals surface area contributed by atoms with Crippen LogP contribution in [-0.4, -0.2) is 23.9 Å². The molecule has 3 nitrogen and oxygen atoms in total. The molecule has 27 heavy (non-hydrogen) atoms. The number of nitrogens with zero attached hydrogens (tertiary/aromatic N) is 1. The number of hydrogen-bond donors (Lipinski definition) is 1. The van der Waals surface area contributed by atoms with Crippen LogP contribution in [0.15, 0.2) is 48.5 Å². The Kier molecular flexibility index (Phi) is 5.53. The summed E-state index contributed by atoms with van der Waals surface area (Å²) in [4.78, 5) is 15.2. The number of piperidine rings is 1. The zero-order valence-electron chi connectivity index (χ0n) is 15.7. The van der Waals surface area contributed by atoms with Crippen LogP contribution in [0.2, 0.25) is 0 Å². The Morgan fingerprint density at radius 2 is 1.89 bits per heavy atom. The van der Waals surface area contributed by atoms with Crippen molar-refractivity contribution in [2.75, 3.05) is 13.1 Å². The van der Waals surface area contributed by atoms with Crippen molar-refractivity contribution in [1.82, 2.24) is 10.2 Å². The minimum Gasteiger partial charge on any atom is -0.349 e. The van der Waals surface area contributed by atoms with Gasteiger partial charge in [0.2, 0.25) is 5.91 Å². The molecule has 0 saturated carbocycles. The third-order valence-corrected chi connectivity index (χ3v) is 5.88. The molecule has 2 aromatic rings. The first-order chi connectivity index (χ1) is 13.2. The molecule has 0 radical (unpaired) electrons. The Hall–Kier alpha value is -2.20. The molecule has 0 unspecified atom stereocenters. The van der Waals surface area contributed by atoms with E-state index < -0.39 is 0 Å². The fourth-order valence-corrected chi connectivity index (χ4v) is 4.45. The molecule has 0 bridgehead atoms. The van der Waals surface area contributed by atoms with Crippen molar-refractivity contribution in [2.24, 2.45) is 5.92 Å². The molecule has 1 fully saturated rings. The van der Waals surface area contributed by atoms with E-state index >= 15 is 0 Å². The van der Waals surface area contributed by atoms with E-state index in [0.29, 0.717) is 0 Å². The molecule has 1 heterocycles. The molecule has 2 aromatic carbocycles. The summed E-state index contributed by atoms with van der Waals surface area (Å²) in [5, 5.41) is 3.32. The molecule has 1 amide bonds. The number of aryl methyl sites for hydroxylation is 1. The van der Waals surface area contributed by atoms with Gasteiger partial charge in [0.15, 0.2) is 0 Å². The highest BCUT2D eigenvalue weighted by Gasteiger charge is 2.29. The van der Waals surface area contributed by atoms with Gasteiger partial charge in [-0.05, 0) is 67.5 Å². The fraction of sp³-hybridized carbons (Fsp3) is 0.435. The Morgan fingerprint density at radius 1 is 1.07 bits per heavy atom. The fourth-order valence-electron chi connectivity index (χ4n) is 4.45. The van der Waals surface area contributed by atoms with Crippen LogP contribution in [0, 0.1) is 11.7 Å². The van der Waals surface area contributed by atoms with Gasteiger partial charge in [-0.3, -0.25) is 9.69 Å². The van der Waals surface area contributed by atoms with E-state index in [9.17, 15) is 9.18 Å². The van der Waals surface area contributed by atoms with Crippen LogP contribution in [0.1, 0.15) is 48.4 Å². The van der Waals surface area contributed by atoms with Gasteiger partial charge in [-0.25, -0.2) is 4.39 Å². The Bertz CT molecular complexity index is 789. The SMILES string of the molecule is O=C(N[C@@H]1CCCc2ccccc21)[C@@H]1CCCN(Cc2ccc(F)cc2)C1. The highest BCUT2D eigenvalue weighted by molar-refractivity contribution is 5.79. The number of fused-ring (bicyclic) bond motifs is 1. The molecule has 2 aliphatic rings. The maximum absolute atomic E-state index is 13.1. The lowest BCUT2D eigenvalue weighted by atomic mass is 9.87. The predicted molar refractivity (Wildman–Crippen MR) is 105 cm³/mol. The lowest BCUT2D eigenvalue weighted by Gasteiger charge is -2.34. The molecule has 2 atom stereocenters. The maximum atomic E-state index is 13.1. The number of benzene rings is 2. The lowest BCUT2D eigenvalue weighted by Crippen LogP contribution is -2.44. The molecule has 1 saturated heterocycles. The summed E-state index contributed by atoms with van der Waals surface area (Å²) in [7, 11) is 0. The average molecular weight is 366 g/mol. The second kappa shape index (κ2) is 8.22. The van der Waals surface area contributed by atoms with Gasteiger partial charge in [-0.1, -0.05) is 36.4 Å². The van der Waals surface area contributed by atoms with Crippen LogP contribution in [0.25, 0.3) is 0 Å². The van der Waals surface area contributed by atoms with E-state index in [1.807, 2.05) is 12.1 Å². The van der Waals surface area contributed by atoms with E-state index in [0.717, 1.165) is 57.3 Å². The van der Waals surface area contributed by atoms with Crippen molar-refractivity contribution in [3.63, 3.8) is 0 Å². The highest BCUT2D eigenvalue weighted by atomic mass is 19.1. The van der Waals surface area contributed by atoms with Gasteiger partial charge in [0.25, 0.3) is 0 Å². The Labute approximate surface area is 160 Å². The lowest BCUT2D eigenvalue weighted by molar-refractivity contribution is -0.127. The second-order valence-electron chi connectivity index (χ2n) is 7.85. The van der Waals surface area contributed by atoms with Crippen LogP contribution >= 0.6 is 0 Å². The number of amides is 1. The van der Waals surface area contributed by atoms with Gasteiger partial charge in [-0.15, -0.1) is 0 Å². The van der Waals surface area contributed by atoms with Crippen molar-refractivity contribution in [3.05, 3.63) is 71.0 Å². The Balaban J connectivity index is 1.37. The summed E-state index contributed by atoms with van der Waals surface area (Å²) in [6.07, 6.45) is 5.23. The zero-order chi connectivity index (χ0) is 18.6. The topological polar surface area (TPSA) is 32.3 Å². The van der Waals surface area contributed by atoms with Crippen molar-refractivity contribution >= 4 is 5.91 Å². The quantitative estimate of drug-likeness (QED) is 0.878. The van der Waals surface area contributed by atoms with Crippen LogP contribution in [0.3, 0.4) is 0 Å². The van der Waals surface area contributed by atoms with Crippen LogP contribution in [0.5, 0.6) is 0 Å². The van der Waals surface area contributed by atoms with Gasteiger partial charge in [0.1, 0.15) is 5.82 Å². The molecular formula is C23H27FN2O. The van der Waals surface area contributed by atoms with Gasteiger partial charge in [0, 0.05) is 13.1 Å². The van der Waals surface area contributed by atoms with Gasteiger partial charge in [-0.2, -0.15) is 0 Å². The monoisotopic (exact) mass is 366 g/mol. The molecule has 0 spiro atoms. The van der Waals surface area contributed by atoms with Crippen molar-refractivity contribution < 1.29 is 9.18 Å². The highest BCUT2D eigenvalue weighted by Crippen LogP contribution is 2.30. The van der Waals surface area contributed by atoms with E-state index in [1.54, 1.807) is 0 Å². The minimum absolute atomic E-state index is 0.0355. The number of hydrogen-bond acceptors (Lipinski definition) is 2. The first kappa shape index (κ1) is 18.2. The smallest absolute Gasteiger partial charge is 0.224 e. The molecule has 0 aromatic heterocycles. The molecule has 4 rings (SSSR count). The van der Waals surface area contributed by atoms with Gasteiger partial charge >= 0.3 is 0 Å². The molecule has 1 aliphatic carbocycles. The predicted octanol–water partition coefficient (Wildman–Crippen LogP) is 4.23. The standard InChI is InChI=1S/C23H27FN2O/c24-20-12-10-17(11-13-20)15-26-14-4-7-19(16-26)23(27)25-22-9-3-6-18-5-1-2-8-21(18)22/h1-2,5,8,10-13,19,22H,3-4,6-7,9,14-16H2,(H,25,27)/t19-,22-/m1/s1. The summed E-state index contributed by atoms with van der Waals surface area (Å²) in [6.45, 7) is 2.54. The van der Waals surface area contributed by atoms with E-state index in [-0.39, 0.29) is 23.7 Å². The number of carbonyl (C=O) groups excluding carboxylic acids is 1. The molecule has 1 aliphatic heterocycles. The number of likely N-dealkylation sites (tertiary alicyclic amines) is 1. The Morgan fingerprint density at radius 3 is 2.74 bits per heavy atom. The van der Waals surface area contributed by atoms with E-state index in [1.165, 1.54) is 23.3 Å². The summed E-state index contributed by atoms with van der Waals surface area (Å²) < 4.78 is 13.1. The van der Waals surface area contributed by atoms with Crippen molar-refractivity contribution in [2.45, 2.75) is 44.7 Å². The van der Waals surface area contributed by atoms with Crippen LogP contribution in [0.4, 0.5) is 4.39 Å². The summed E-state index contributed by atoms with van der Waals surface area (Å²) in [5.41, 5.74) is 3.75. The van der Waals surface area contributed by atoms with Gasteiger partial charge in [0.05, 0.1) is 12.0 Å². The van der Waals surface area contributed by atoms with Gasteiger partial charge < -0.3 is 5.32 Å². The molecular weight excluding hydrogens is 339 g/mol. The molecule has 1 N–H and O–H groups in total. The number of halogens is 1. The molecule has 4 heteroatoms. The van der Waals surface area contributed by atoms with E-state index in [4.69, 9.17) is 0 Å². The normalized spacial score (nSPS) is 22.9. The van der Waals surface area contributed by atoms with Crippen LogP contribution < -0.4 is 5.32 Å². The average Bonchev–Trinajstić information content (AvgIpc) is 2.70.